The van der Waals surface area contributed by atoms with E-state index in [1.54, 1.807) is 0 Å². The van der Waals surface area contributed by atoms with Crippen molar-refractivity contribution in [2.75, 3.05) is 0 Å². The van der Waals surface area contributed by atoms with Crippen LogP contribution in [0.15, 0.2) is 54.1 Å². The van der Waals surface area contributed by atoms with E-state index < -0.39 is 0 Å². The van der Waals surface area contributed by atoms with Crippen molar-refractivity contribution in [1.29, 1.82) is 0 Å². The number of hydrogen-bond acceptors (Lipinski definition) is 0. The van der Waals surface area contributed by atoms with Crippen molar-refractivity contribution in [3.8, 4) is 0 Å². The van der Waals surface area contributed by atoms with Crippen LogP contribution in [-0.4, -0.2) is 0 Å². The van der Waals surface area contributed by atoms with Crippen LogP contribution in [0.2, 0.25) is 0 Å². The van der Waals surface area contributed by atoms with Crippen molar-refractivity contribution >= 4 is 6.08 Å². The summed E-state index contributed by atoms with van der Waals surface area (Å²) in [5.41, 5.74) is 4.07. The van der Waals surface area contributed by atoms with Crippen LogP contribution < -0.4 is 24.8 Å². The van der Waals surface area contributed by atoms with E-state index in [2.05, 4.69) is 61.6 Å². The first-order chi connectivity index (χ1) is 7.28. The van der Waals surface area contributed by atoms with Gasteiger partial charge in [0.1, 0.15) is 0 Å². The first-order valence-corrected chi connectivity index (χ1v) is 5.29. The fraction of sp³-hybridized carbons (Fsp3) is 0.133. The van der Waals surface area contributed by atoms with Crippen molar-refractivity contribution < 1.29 is 46.5 Å². The maximum absolute atomic E-state index is 4.29. The molecular formula is C15H13Cl2Ti. The van der Waals surface area contributed by atoms with Gasteiger partial charge in [0.05, 0.1) is 0 Å². The molecule has 2 aliphatic rings. The topological polar surface area (TPSA) is 0 Å². The smallest absolute Gasteiger partial charge is 1.00 e. The van der Waals surface area contributed by atoms with Gasteiger partial charge in [-0.2, -0.15) is 0 Å². The predicted molar refractivity (Wildman–Crippen MR) is 64.2 cm³/mol. The third-order valence-electron chi connectivity index (χ3n) is 3.26. The maximum Gasteiger partial charge on any atom is 3.00 e. The summed E-state index contributed by atoms with van der Waals surface area (Å²) in [4.78, 5) is 0. The first-order valence-electron chi connectivity index (χ1n) is 5.29. The Labute approximate surface area is 136 Å². The van der Waals surface area contributed by atoms with Crippen LogP contribution in [-0.2, 0) is 28.1 Å². The van der Waals surface area contributed by atoms with Crippen LogP contribution in [0.1, 0.15) is 11.1 Å². The molecule has 18 heavy (non-hydrogen) atoms. The van der Waals surface area contributed by atoms with E-state index in [0.29, 0.717) is 0 Å². The molecular weight excluding hydrogens is 299 g/mol. The molecule has 0 spiro atoms. The number of rotatable bonds is 1. The third kappa shape index (κ3) is 3.00. The summed E-state index contributed by atoms with van der Waals surface area (Å²) in [6.45, 7) is 4.29. The summed E-state index contributed by atoms with van der Waals surface area (Å²) in [5.74, 6) is 0. The normalized spacial score (nSPS) is 17.1. The Morgan fingerprint density at radius 2 is 1.61 bits per heavy atom. The van der Waals surface area contributed by atoms with Gasteiger partial charge in [0.2, 0.25) is 0 Å². The van der Waals surface area contributed by atoms with Gasteiger partial charge in [0.15, 0.2) is 0 Å². The molecule has 0 unspecified atom stereocenters. The Balaban J connectivity index is 0.000000963. The fourth-order valence-corrected chi connectivity index (χ4v) is 2.30. The van der Waals surface area contributed by atoms with Gasteiger partial charge >= 0.3 is 21.7 Å². The maximum atomic E-state index is 4.29. The second-order valence-corrected chi connectivity index (χ2v) is 4.30. The molecule has 0 atom stereocenters. The zero-order valence-corrected chi connectivity index (χ0v) is 12.9. The molecule has 91 valence electrons. The van der Waals surface area contributed by atoms with Gasteiger partial charge in [0, 0.05) is 0 Å². The molecule has 3 rings (SSSR count). The minimum atomic E-state index is -0.0982. The van der Waals surface area contributed by atoms with Crippen molar-refractivity contribution in [3.63, 3.8) is 0 Å². The summed E-state index contributed by atoms with van der Waals surface area (Å²) in [6, 6.07) is 8.57. The summed E-state index contributed by atoms with van der Waals surface area (Å²) in [7, 11) is 0. The molecule has 0 N–H and O–H groups in total. The summed E-state index contributed by atoms with van der Waals surface area (Å²) < 4.78 is 0. The first kappa shape index (κ1) is 17.7. The molecule has 0 fully saturated rings. The number of fused-ring (bicyclic) bond motifs is 1. The number of benzene rings is 1. The van der Waals surface area contributed by atoms with Crippen LogP contribution in [0, 0.1) is 12.3 Å². The molecule has 2 aliphatic carbocycles. The van der Waals surface area contributed by atoms with E-state index in [4.69, 9.17) is 0 Å². The van der Waals surface area contributed by atoms with Crippen molar-refractivity contribution in [2.24, 2.45) is 5.41 Å². The number of halogens is 2. The van der Waals surface area contributed by atoms with E-state index in [-0.39, 0.29) is 51.9 Å². The van der Waals surface area contributed by atoms with Crippen molar-refractivity contribution in [2.45, 2.75) is 6.42 Å². The molecule has 1 aromatic rings. The second-order valence-electron chi connectivity index (χ2n) is 4.30. The standard InChI is InChI=1S/C15H13.2ClH.Ti/c1-15(8-4-5-9-15)14-10-12-6-2-3-7-13(12)11-14;;;/h2-10H,1,11H2;2*1H;/q-1;;;+3/p-2. The number of allylic oxidation sites excluding steroid dienone is 5. The molecule has 0 bridgehead atoms. The van der Waals surface area contributed by atoms with Crippen molar-refractivity contribution in [1.82, 2.24) is 0 Å². The predicted octanol–water partition coefficient (Wildman–Crippen LogP) is -2.42. The third-order valence-corrected chi connectivity index (χ3v) is 3.26. The summed E-state index contributed by atoms with van der Waals surface area (Å²) >= 11 is 0. The average molecular weight is 312 g/mol. The Morgan fingerprint density at radius 1 is 1.00 bits per heavy atom. The van der Waals surface area contributed by atoms with Gasteiger partial charge < -0.3 is 31.7 Å². The molecule has 1 radical (unpaired) electrons. The molecule has 1 aromatic carbocycles. The van der Waals surface area contributed by atoms with E-state index in [1.807, 2.05) is 0 Å². The zero-order valence-electron chi connectivity index (χ0n) is 9.87. The minimum absolute atomic E-state index is 0. The summed E-state index contributed by atoms with van der Waals surface area (Å²) in [6.07, 6.45) is 11.8. The summed E-state index contributed by atoms with van der Waals surface area (Å²) in [5, 5.41) is 0. The van der Waals surface area contributed by atoms with Crippen LogP contribution in [0.3, 0.4) is 0 Å². The number of hydrogen-bond donors (Lipinski definition) is 0. The molecule has 0 aliphatic heterocycles. The Hall–Kier alpha value is -0.266. The molecule has 0 saturated heterocycles. The fourth-order valence-electron chi connectivity index (χ4n) is 2.30. The largest absolute Gasteiger partial charge is 3.00 e. The van der Waals surface area contributed by atoms with Crippen LogP contribution >= 0.6 is 0 Å². The van der Waals surface area contributed by atoms with Gasteiger partial charge in [-0.1, -0.05) is 53.5 Å². The van der Waals surface area contributed by atoms with Crippen LogP contribution in [0.25, 0.3) is 6.08 Å². The monoisotopic (exact) mass is 311 g/mol. The van der Waals surface area contributed by atoms with Gasteiger partial charge in [-0.15, -0.1) is 12.2 Å². The van der Waals surface area contributed by atoms with E-state index >= 15 is 0 Å². The molecule has 0 amide bonds. The molecule has 0 saturated carbocycles. The molecule has 3 heteroatoms. The second kappa shape index (κ2) is 6.77. The molecule has 0 aromatic heterocycles. The Bertz CT molecular complexity index is 489. The van der Waals surface area contributed by atoms with Crippen LogP contribution in [0.5, 0.6) is 0 Å². The molecule has 0 nitrogen and oxygen atoms in total. The molecule has 0 heterocycles. The van der Waals surface area contributed by atoms with Gasteiger partial charge in [-0.25, -0.2) is 0 Å². The van der Waals surface area contributed by atoms with Crippen molar-refractivity contribution in [3.05, 3.63) is 72.2 Å². The van der Waals surface area contributed by atoms with Crippen LogP contribution in [0.4, 0.5) is 0 Å². The van der Waals surface area contributed by atoms with E-state index in [0.717, 1.165) is 6.42 Å². The Morgan fingerprint density at radius 3 is 2.22 bits per heavy atom. The average Bonchev–Trinajstić information content (AvgIpc) is 2.84. The van der Waals surface area contributed by atoms with E-state index in [1.165, 1.54) is 16.7 Å². The van der Waals surface area contributed by atoms with Gasteiger partial charge in [-0.05, 0) is 17.5 Å². The van der Waals surface area contributed by atoms with Gasteiger partial charge in [0.25, 0.3) is 0 Å². The minimum Gasteiger partial charge on any atom is -1.00 e. The Kier molecular flexibility index (Phi) is 6.67. The SMILES string of the molecule is [CH2-]C1(C2=Cc3ccccc3C2)C=CC=C1.[Cl-].[Cl-].[Ti+3]. The van der Waals surface area contributed by atoms with Gasteiger partial charge in [-0.3, -0.25) is 0 Å². The van der Waals surface area contributed by atoms with E-state index in [9.17, 15) is 0 Å². The quantitative estimate of drug-likeness (QED) is 0.400. The zero-order chi connectivity index (χ0) is 10.3.